The first-order chi connectivity index (χ1) is 12.0. The Kier molecular flexibility index (Phi) is 4.74. The predicted molar refractivity (Wildman–Crippen MR) is 88.9 cm³/mol. The molecule has 0 bridgehead atoms. The molecule has 0 saturated carbocycles. The Labute approximate surface area is 142 Å². The summed E-state index contributed by atoms with van der Waals surface area (Å²) in [4.78, 5) is 16.1. The number of oxazole rings is 1. The number of benzene rings is 2. The highest BCUT2D eigenvalue weighted by Crippen LogP contribution is 2.31. The van der Waals surface area contributed by atoms with E-state index in [4.69, 9.17) is 4.42 Å². The van der Waals surface area contributed by atoms with Gasteiger partial charge in [0.1, 0.15) is 23.1 Å². The number of hydrogen-bond acceptors (Lipinski definition) is 3. The second kappa shape index (κ2) is 7.12. The molecule has 128 valence electrons. The quantitative estimate of drug-likeness (QED) is 0.744. The number of carbonyl (C=O) groups is 1. The molecule has 0 aliphatic carbocycles. The summed E-state index contributed by atoms with van der Waals surface area (Å²) in [6.45, 7) is 1.84. The molecular formula is C18H15F2N3O2. The van der Waals surface area contributed by atoms with Gasteiger partial charge in [-0.1, -0.05) is 30.3 Å². The van der Waals surface area contributed by atoms with Crippen LogP contribution in [0.3, 0.4) is 0 Å². The minimum Gasteiger partial charge on any atom is -0.448 e. The van der Waals surface area contributed by atoms with Crippen LogP contribution in [-0.4, -0.2) is 11.0 Å². The van der Waals surface area contributed by atoms with Gasteiger partial charge in [-0.15, -0.1) is 0 Å². The number of urea groups is 1. The average Bonchev–Trinajstić information content (AvgIpc) is 3.01. The molecule has 1 heterocycles. The number of aromatic nitrogens is 1. The number of rotatable bonds is 4. The van der Waals surface area contributed by atoms with E-state index in [0.717, 1.165) is 6.07 Å². The van der Waals surface area contributed by atoms with Crippen LogP contribution in [-0.2, 0) is 6.54 Å². The molecule has 2 N–H and O–H groups in total. The monoisotopic (exact) mass is 343 g/mol. The summed E-state index contributed by atoms with van der Waals surface area (Å²) < 4.78 is 32.9. The topological polar surface area (TPSA) is 67.2 Å². The fourth-order valence-corrected chi connectivity index (χ4v) is 2.37. The lowest BCUT2D eigenvalue weighted by atomic mass is 10.0. The van der Waals surface area contributed by atoms with Crippen molar-refractivity contribution in [3.63, 3.8) is 0 Å². The van der Waals surface area contributed by atoms with E-state index in [1.165, 1.54) is 12.5 Å². The van der Waals surface area contributed by atoms with Crippen molar-refractivity contribution in [1.29, 1.82) is 0 Å². The van der Waals surface area contributed by atoms with Crippen molar-refractivity contribution in [3.05, 3.63) is 71.9 Å². The molecule has 1 aromatic heterocycles. The van der Waals surface area contributed by atoms with E-state index in [-0.39, 0.29) is 17.8 Å². The van der Waals surface area contributed by atoms with E-state index >= 15 is 0 Å². The van der Waals surface area contributed by atoms with Gasteiger partial charge in [0.05, 0.1) is 12.2 Å². The number of hydrogen-bond donors (Lipinski definition) is 2. The van der Waals surface area contributed by atoms with E-state index in [9.17, 15) is 13.6 Å². The third-order valence-corrected chi connectivity index (χ3v) is 3.64. The van der Waals surface area contributed by atoms with Crippen molar-refractivity contribution in [2.24, 2.45) is 0 Å². The molecule has 0 aliphatic rings. The van der Waals surface area contributed by atoms with Crippen LogP contribution in [0.1, 0.15) is 11.5 Å². The van der Waals surface area contributed by atoms with Gasteiger partial charge in [0.15, 0.2) is 6.39 Å². The fraction of sp³-hybridized carbons (Fsp3) is 0.111. The van der Waals surface area contributed by atoms with Gasteiger partial charge in [-0.25, -0.2) is 18.6 Å². The Bertz CT molecular complexity index is 895. The van der Waals surface area contributed by atoms with Crippen molar-refractivity contribution in [1.82, 2.24) is 10.3 Å². The molecule has 0 saturated heterocycles. The van der Waals surface area contributed by atoms with E-state index in [1.807, 2.05) is 0 Å². The summed E-state index contributed by atoms with van der Waals surface area (Å²) in [5.74, 6) is -0.995. The van der Waals surface area contributed by atoms with Crippen molar-refractivity contribution in [2.75, 3.05) is 5.32 Å². The summed E-state index contributed by atoms with van der Waals surface area (Å²) >= 11 is 0. The number of amides is 2. The van der Waals surface area contributed by atoms with Gasteiger partial charge in [-0.05, 0) is 18.6 Å². The maximum absolute atomic E-state index is 14.2. The van der Waals surface area contributed by atoms with E-state index in [0.29, 0.717) is 17.0 Å². The molecular weight excluding hydrogens is 328 g/mol. The molecule has 3 aromatic rings. The molecule has 25 heavy (non-hydrogen) atoms. The van der Waals surface area contributed by atoms with Crippen LogP contribution in [0.25, 0.3) is 11.1 Å². The van der Waals surface area contributed by atoms with Crippen molar-refractivity contribution >= 4 is 11.7 Å². The van der Waals surface area contributed by atoms with E-state index in [2.05, 4.69) is 15.6 Å². The number of nitrogens with one attached hydrogen (secondary N) is 2. The molecule has 0 aliphatic heterocycles. The SMILES string of the molecule is Cc1ocnc1CNC(=O)Nc1c(F)cc(F)cc1-c1ccccc1. The molecule has 0 atom stereocenters. The Balaban J connectivity index is 1.82. The molecule has 5 nitrogen and oxygen atoms in total. The summed E-state index contributed by atoms with van der Waals surface area (Å²) in [6, 6.07) is 9.96. The second-order valence-electron chi connectivity index (χ2n) is 5.34. The summed E-state index contributed by atoms with van der Waals surface area (Å²) in [5.41, 5.74) is 1.31. The number of nitrogens with zero attached hydrogens (tertiary/aromatic N) is 1. The number of halogens is 2. The molecule has 2 amide bonds. The summed E-state index contributed by atoms with van der Waals surface area (Å²) in [7, 11) is 0. The molecule has 3 rings (SSSR count). The number of anilines is 1. The fourth-order valence-electron chi connectivity index (χ4n) is 2.37. The standard InChI is InChI=1S/C18H15F2N3O2/c1-11-16(22-10-25-11)9-21-18(24)23-17-14(7-13(19)8-15(17)20)12-5-3-2-4-6-12/h2-8,10H,9H2,1H3,(H2,21,23,24). The first-order valence-electron chi connectivity index (χ1n) is 7.53. The zero-order valence-electron chi connectivity index (χ0n) is 13.3. The smallest absolute Gasteiger partial charge is 0.319 e. The van der Waals surface area contributed by atoms with Gasteiger partial charge < -0.3 is 15.1 Å². The molecule has 0 radical (unpaired) electrons. The number of aryl methyl sites for hydroxylation is 1. The lowest BCUT2D eigenvalue weighted by Crippen LogP contribution is -2.29. The van der Waals surface area contributed by atoms with Gasteiger partial charge in [0.25, 0.3) is 0 Å². The first kappa shape index (κ1) is 16.6. The second-order valence-corrected chi connectivity index (χ2v) is 5.34. The third kappa shape index (κ3) is 3.82. The average molecular weight is 343 g/mol. The Hall–Kier alpha value is -3.22. The Morgan fingerprint density at radius 2 is 1.96 bits per heavy atom. The zero-order chi connectivity index (χ0) is 17.8. The molecule has 7 heteroatoms. The van der Waals surface area contributed by atoms with Gasteiger partial charge in [0, 0.05) is 11.6 Å². The highest BCUT2D eigenvalue weighted by atomic mass is 19.1. The highest BCUT2D eigenvalue weighted by Gasteiger charge is 2.16. The maximum Gasteiger partial charge on any atom is 0.319 e. The van der Waals surface area contributed by atoms with Gasteiger partial charge in [-0.2, -0.15) is 0 Å². The minimum atomic E-state index is -0.855. The Morgan fingerprint density at radius 3 is 2.64 bits per heavy atom. The van der Waals surface area contributed by atoms with Crippen LogP contribution < -0.4 is 10.6 Å². The Morgan fingerprint density at radius 1 is 1.20 bits per heavy atom. The van der Waals surface area contributed by atoms with Crippen LogP contribution in [0.4, 0.5) is 19.3 Å². The molecule has 2 aromatic carbocycles. The normalized spacial score (nSPS) is 10.5. The van der Waals surface area contributed by atoms with Crippen molar-refractivity contribution in [3.8, 4) is 11.1 Å². The van der Waals surface area contributed by atoms with Gasteiger partial charge >= 0.3 is 6.03 Å². The third-order valence-electron chi connectivity index (χ3n) is 3.64. The van der Waals surface area contributed by atoms with Gasteiger partial charge in [0.2, 0.25) is 0 Å². The summed E-state index contributed by atoms with van der Waals surface area (Å²) in [6.07, 6.45) is 1.28. The predicted octanol–water partition coefficient (Wildman–Crippen LogP) is 4.25. The largest absolute Gasteiger partial charge is 0.448 e. The number of carbonyl (C=O) groups excluding carboxylic acids is 1. The highest BCUT2D eigenvalue weighted by molar-refractivity contribution is 5.94. The van der Waals surface area contributed by atoms with Crippen LogP contribution >= 0.6 is 0 Å². The first-order valence-corrected chi connectivity index (χ1v) is 7.53. The lowest BCUT2D eigenvalue weighted by molar-refractivity contribution is 0.251. The maximum atomic E-state index is 14.2. The minimum absolute atomic E-state index is 0.0954. The molecule has 0 fully saturated rings. The summed E-state index contributed by atoms with van der Waals surface area (Å²) in [5, 5.41) is 5.00. The van der Waals surface area contributed by atoms with E-state index < -0.39 is 17.7 Å². The van der Waals surface area contributed by atoms with Crippen molar-refractivity contribution in [2.45, 2.75) is 13.5 Å². The zero-order valence-corrected chi connectivity index (χ0v) is 13.3. The molecule has 0 spiro atoms. The lowest BCUT2D eigenvalue weighted by Gasteiger charge is -2.13. The van der Waals surface area contributed by atoms with Crippen molar-refractivity contribution < 1.29 is 18.0 Å². The van der Waals surface area contributed by atoms with Crippen LogP contribution in [0, 0.1) is 18.6 Å². The van der Waals surface area contributed by atoms with Gasteiger partial charge in [-0.3, -0.25) is 0 Å². The molecule has 0 unspecified atom stereocenters. The van der Waals surface area contributed by atoms with Crippen LogP contribution in [0.15, 0.2) is 53.3 Å². The van der Waals surface area contributed by atoms with Crippen LogP contribution in [0.5, 0.6) is 0 Å². The van der Waals surface area contributed by atoms with E-state index in [1.54, 1.807) is 37.3 Å². The van der Waals surface area contributed by atoms with Crippen LogP contribution in [0.2, 0.25) is 0 Å².